The lowest BCUT2D eigenvalue weighted by Crippen LogP contribution is -2.19. The van der Waals surface area contributed by atoms with Crippen molar-refractivity contribution in [2.75, 3.05) is 19.0 Å². The second kappa shape index (κ2) is 6.79. The van der Waals surface area contributed by atoms with Crippen molar-refractivity contribution in [3.8, 4) is 0 Å². The van der Waals surface area contributed by atoms with Gasteiger partial charge in [-0.2, -0.15) is 12.6 Å². The number of thiol groups is 1. The summed E-state index contributed by atoms with van der Waals surface area (Å²) in [5, 5.41) is 0. The molecule has 2 heteroatoms. The van der Waals surface area contributed by atoms with Crippen LogP contribution < -0.4 is 0 Å². The largest absolute Gasteiger partial charge is 0.381 e. The molecule has 0 radical (unpaired) electrons. The maximum atomic E-state index is 5.56. The van der Waals surface area contributed by atoms with Crippen molar-refractivity contribution in [3.63, 3.8) is 0 Å². The summed E-state index contributed by atoms with van der Waals surface area (Å²) in [6.45, 7) is 10.5. The summed E-state index contributed by atoms with van der Waals surface area (Å²) >= 11 is 4.30. The summed E-state index contributed by atoms with van der Waals surface area (Å²) in [6, 6.07) is 0. The Kier molecular flexibility index (Phi) is 6.96. The predicted molar refractivity (Wildman–Crippen MR) is 57.8 cm³/mol. The zero-order chi connectivity index (χ0) is 9.56. The third-order valence-corrected chi connectivity index (χ3v) is 2.43. The van der Waals surface area contributed by atoms with E-state index >= 15 is 0 Å². The van der Waals surface area contributed by atoms with Gasteiger partial charge in [-0.15, -0.1) is 0 Å². The lowest BCUT2D eigenvalue weighted by atomic mass is 9.99. The van der Waals surface area contributed by atoms with E-state index in [0.717, 1.165) is 19.0 Å². The normalized spacial score (nSPS) is 14.2. The predicted octanol–water partition coefficient (Wildman–Crippen LogP) is 2.86. The Morgan fingerprint density at radius 2 is 1.67 bits per heavy atom. The first-order valence-electron chi connectivity index (χ1n) is 4.76. The molecule has 0 bridgehead atoms. The van der Waals surface area contributed by atoms with Crippen LogP contribution in [0.5, 0.6) is 0 Å². The monoisotopic (exact) mass is 190 g/mol. The van der Waals surface area contributed by atoms with Crippen molar-refractivity contribution in [3.05, 3.63) is 0 Å². The van der Waals surface area contributed by atoms with Crippen molar-refractivity contribution < 1.29 is 4.74 Å². The average molecular weight is 190 g/mol. The van der Waals surface area contributed by atoms with E-state index in [-0.39, 0.29) is 0 Å². The number of rotatable bonds is 6. The molecule has 0 aromatic rings. The molecule has 0 fully saturated rings. The molecule has 74 valence electrons. The molecule has 0 aliphatic rings. The molecular formula is C10H22OS. The average Bonchev–Trinajstić information content (AvgIpc) is 1.96. The zero-order valence-corrected chi connectivity index (χ0v) is 9.60. The van der Waals surface area contributed by atoms with Gasteiger partial charge < -0.3 is 4.74 Å². The van der Waals surface area contributed by atoms with E-state index in [0.29, 0.717) is 17.8 Å². The number of hydrogen-bond acceptors (Lipinski definition) is 2. The second-order valence-corrected chi connectivity index (χ2v) is 4.48. The summed E-state index contributed by atoms with van der Waals surface area (Å²) in [7, 11) is 0. The molecule has 0 amide bonds. The summed E-state index contributed by atoms with van der Waals surface area (Å²) in [5.41, 5.74) is 0. The van der Waals surface area contributed by atoms with Crippen LogP contribution in [0, 0.1) is 17.8 Å². The SMILES string of the molecule is CC(C)COCC(CS)C(C)C. The minimum atomic E-state index is 0.604. The quantitative estimate of drug-likeness (QED) is 0.634. The van der Waals surface area contributed by atoms with Gasteiger partial charge in [0, 0.05) is 6.61 Å². The van der Waals surface area contributed by atoms with Gasteiger partial charge in [-0.1, -0.05) is 27.7 Å². The molecule has 0 aliphatic carbocycles. The minimum Gasteiger partial charge on any atom is -0.381 e. The van der Waals surface area contributed by atoms with Gasteiger partial charge in [-0.05, 0) is 23.5 Å². The molecule has 0 N–H and O–H groups in total. The highest BCUT2D eigenvalue weighted by molar-refractivity contribution is 7.80. The van der Waals surface area contributed by atoms with Gasteiger partial charge >= 0.3 is 0 Å². The van der Waals surface area contributed by atoms with Crippen molar-refractivity contribution in [1.29, 1.82) is 0 Å². The summed E-state index contributed by atoms with van der Waals surface area (Å²) in [4.78, 5) is 0. The third kappa shape index (κ3) is 5.90. The first kappa shape index (κ1) is 12.3. The van der Waals surface area contributed by atoms with Crippen LogP contribution in [0.25, 0.3) is 0 Å². The molecule has 0 rings (SSSR count). The second-order valence-electron chi connectivity index (χ2n) is 4.12. The molecule has 0 saturated carbocycles. The van der Waals surface area contributed by atoms with E-state index in [1.54, 1.807) is 0 Å². The van der Waals surface area contributed by atoms with E-state index in [1.165, 1.54) is 0 Å². The molecular weight excluding hydrogens is 168 g/mol. The Bertz CT molecular complexity index is 102. The Hall–Kier alpha value is 0.310. The molecule has 0 aliphatic heterocycles. The molecule has 1 nitrogen and oxygen atoms in total. The topological polar surface area (TPSA) is 9.23 Å². The van der Waals surface area contributed by atoms with Gasteiger partial charge in [0.2, 0.25) is 0 Å². The highest BCUT2D eigenvalue weighted by atomic mass is 32.1. The van der Waals surface area contributed by atoms with Crippen molar-refractivity contribution in [2.24, 2.45) is 17.8 Å². The Morgan fingerprint density at radius 3 is 2.00 bits per heavy atom. The maximum Gasteiger partial charge on any atom is 0.0504 e. The lowest BCUT2D eigenvalue weighted by molar-refractivity contribution is 0.0730. The van der Waals surface area contributed by atoms with Gasteiger partial charge in [0.25, 0.3) is 0 Å². The Labute approximate surface area is 82.3 Å². The molecule has 1 unspecified atom stereocenters. The van der Waals surface area contributed by atoms with Crippen LogP contribution >= 0.6 is 12.6 Å². The smallest absolute Gasteiger partial charge is 0.0504 e. The van der Waals surface area contributed by atoms with E-state index in [4.69, 9.17) is 4.74 Å². The van der Waals surface area contributed by atoms with Gasteiger partial charge in [0.1, 0.15) is 0 Å². The van der Waals surface area contributed by atoms with Crippen LogP contribution in [0.3, 0.4) is 0 Å². The minimum absolute atomic E-state index is 0.604. The fourth-order valence-corrected chi connectivity index (χ4v) is 1.44. The first-order valence-corrected chi connectivity index (χ1v) is 5.39. The van der Waals surface area contributed by atoms with Crippen LogP contribution in [0.4, 0.5) is 0 Å². The van der Waals surface area contributed by atoms with Crippen LogP contribution in [-0.4, -0.2) is 19.0 Å². The van der Waals surface area contributed by atoms with Gasteiger partial charge in [-0.25, -0.2) is 0 Å². The van der Waals surface area contributed by atoms with E-state index in [9.17, 15) is 0 Å². The molecule has 12 heavy (non-hydrogen) atoms. The molecule has 0 saturated heterocycles. The number of ether oxygens (including phenoxy) is 1. The molecule has 0 aromatic carbocycles. The fourth-order valence-electron chi connectivity index (χ4n) is 0.911. The van der Waals surface area contributed by atoms with Crippen LogP contribution in [0.1, 0.15) is 27.7 Å². The molecule has 0 heterocycles. The fraction of sp³-hybridized carbons (Fsp3) is 1.00. The summed E-state index contributed by atoms with van der Waals surface area (Å²) in [6.07, 6.45) is 0. The summed E-state index contributed by atoms with van der Waals surface area (Å²) in [5.74, 6) is 2.84. The molecule has 0 aromatic heterocycles. The highest BCUT2D eigenvalue weighted by Crippen LogP contribution is 2.13. The third-order valence-electron chi connectivity index (χ3n) is 1.96. The van der Waals surface area contributed by atoms with Gasteiger partial charge in [0.05, 0.1) is 6.61 Å². The Morgan fingerprint density at radius 1 is 1.08 bits per heavy atom. The van der Waals surface area contributed by atoms with Crippen molar-refractivity contribution in [1.82, 2.24) is 0 Å². The zero-order valence-electron chi connectivity index (χ0n) is 8.71. The van der Waals surface area contributed by atoms with Crippen molar-refractivity contribution >= 4 is 12.6 Å². The van der Waals surface area contributed by atoms with Crippen LogP contribution in [0.2, 0.25) is 0 Å². The number of hydrogen-bond donors (Lipinski definition) is 1. The van der Waals surface area contributed by atoms with Crippen molar-refractivity contribution in [2.45, 2.75) is 27.7 Å². The van der Waals surface area contributed by atoms with Gasteiger partial charge in [-0.3, -0.25) is 0 Å². The highest BCUT2D eigenvalue weighted by Gasteiger charge is 2.11. The van der Waals surface area contributed by atoms with Gasteiger partial charge in [0.15, 0.2) is 0 Å². The van der Waals surface area contributed by atoms with Crippen LogP contribution in [0.15, 0.2) is 0 Å². The standard InChI is InChI=1S/C10H22OS/c1-8(2)5-11-6-10(7-12)9(3)4/h8-10,12H,5-7H2,1-4H3. The Balaban J connectivity index is 3.45. The lowest BCUT2D eigenvalue weighted by Gasteiger charge is -2.18. The first-order chi connectivity index (χ1) is 5.57. The molecule has 1 atom stereocenters. The summed E-state index contributed by atoms with van der Waals surface area (Å²) < 4.78 is 5.56. The van der Waals surface area contributed by atoms with E-state index < -0.39 is 0 Å². The maximum absolute atomic E-state index is 5.56. The van der Waals surface area contributed by atoms with Crippen LogP contribution in [-0.2, 0) is 4.74 Å². The molecule has 0 spiro atoms. The van der Waals surface area contributed by atoms with E-state index in [2.05, 4.69) is 40.3 Å². The van der Waals surface area contributed by atoms with E-state index in [1.807, 2.05) is 0 Å².